The highest BCUT2D eigenvalue weighted by atomic mass is 19.4. The zero-order chi connectivity index (χ0) is 35.2. The molecule has 15 heteroatoms. The van der Waals surface area contributed by atoms with Crippen LogP contribution in [-0.2, 0) is 20.7 Å². The molecule has 3 atom stereocenters. The van der Waals surface area contributed by atoms with Crippen molar-refractivity contribution in [2.75, 3.05) is 57.9 Å². The fourth-order valence-electron chi connectivity index (χ4n) is 6.33. The molecule has 2 aromatic heterocycles. The first kappa shape index (κ1) is 37.5. The number of ether oxygens (including phenoxy) is 1. The van der Waals surface area contributed by atoms with Gasteiger partial charge in [-0.15, -0.1) is 0 Å². The van der Waals surface area contributed by atoms with Gasteiger partial charge in [0.05, 0.1) is 23.9 Å². The fraction of sp³-hybridized carbons (Fsp3) is 0.758. The number of methoxy groups -OCH3 is 1. The monoisotopic (exact) mass is 680 g/mol. The van der Waals surface area contributed by atoms with Crippen molar-refractivity contribution in [2.24, 2.45) is 28.3 Å². The number of nitrogens with one attached hydrogen (secondary N) is 1. The summed E-state index contributed by atoms with van der Waals surface area (Å²) in [5, 5.41) is 18.8. The van der Waals surface area contributed by atoms with Crippen molar-refractivity contribution < 1.29 is 32.7 Å². The van der Waals surface area contributed by atoms with E-state index < -0.39 is 11.6 Å². The summed E-state index contributed by atoms with van der Waals surface area (Å²) in [4.78, 5) is 37.6. The van der Waals surface area contributed by atoms with E-state index in [2.05, 4.69) is 27.2 Å². The summed E-state index contributed by atoms with van der Waals surface area (Å²) in [6.07, 6.45) is -0.113. The summed E-state index contributed by atoms with van der Waals surface area (Å²) in [6.45, 7) is 14.6. The predicted molar refractivity (Wildman–Crippen MR) is 175 cm³/mol. The Morgan fingerprint density at radius 3 is 2.44 bits per heavy atom. The number of imidazole rings is 1. The maximum absolute atomic E-state index is 13.4. The molecule has 2 aliphatic heterocycles. The number of fused-ring (bicyclic) bond motifs is 1. The van der Waals surface area contributed by atoms with Gasteiger partial charge in [0, 0.05) is 70.6 Å². The van der Waals surface area contributed by atoms with E-state index in [1.54, 1.807) is 31.7 Å². The Balaban J connectivity index is 0.000000508. The molecule has 12 nitrogen and oxygen atoms in total. The van der Waals surface area contributed by atoms with Crippen molar-refractivity contribution in [3.05, 3.63) is 17.6 Å². The fourth-order valence-corrected chi connectivity index (χ4v) is 6.33. The van der Waals surface area contributed by atoms with Gasteiger partial charge in [0.15, 0.2) is 11.6 Å². The zero-order valence-electron chi connectivity index (χ0n) is 29.0. The van der Waals surface area contributed by atoms with E-state index in [0.717, 1.165) is 50.7 Å². The van der Waals surface area contributed by atoms with Gasteiger partial charge in [-0.2, -0.15) is 23.3 Å². The Morgan fingerprint density at radius 1 is 1.19 bits per heavy atom. The quantitative estimate of drug-likeness (QED) is 0.189. The third-order valence-electron chi connectivity index (χ3n) is 9.83. The van der Waals surface area contributed by atoms with Gasteiger partial charge < -0.3 is 20.2 Å². The molecule has 268 valence electrons. The number of Topliss-reactive ketones (excluding diaryl/α,β-unsaturated/α-hetero) is 1. The molecule has 0 radical (unpaired) electrons. The van der Waals surface area contributed by atoms with Gasteiger partial charge in [-0.3, -0.25) is 14.5 Å². The summed E-state index contributed by atoms with van der Waals surface area (Å²) < 4.78 is 47.1. The van der Waals surface area contributed by atoms with Crippen LogP contribution in [0.4, 0.5) is 19.0 Å². The van der Waals surface area contributed by atoms with Gasteiger partial charge in [0.1, 0.15) is 11.4 Å². The summed E-state index contributed by atoms with van der Waals surface area (Å²) in [7, 11) is 1.70. The maximum atomic E-state index is 13.4. The number of nitrogens with zero attached hydrogens (tertiary/aromatic N) is 7. The molecule has 2 N–H and O–H groups in total. The number of oxime groups is 1. The van der Waals surface area contributed by atoms with Crippen LogP contribution in [-0.4, -0.2) is 106 Å². The minimum atomic E-state index is -4.14. The Bertz CT molecular complexity index is 1430. The highest BCUT2D eigenvalue weighted by Gasteiger charge is 2.62. The highest BCUT2D eigenvalue weighted by Crippen LogP contribution is 2.61. The molecule has 1 aliphatic carbocycles. The molecule has 3 aliphatic rings. The van der Waals surface area contributed by atoms with E-state index in [4.69, 9.17) is 25.0 Å². The number of rotatable bonds is 12. The van der Waals surface area contributed by atoms with Crippen LogP contribution >= 0.6 is 0 Å². The summed E-state index contributed by atoms with van der Waals surface area (Å²) >= 11 is 0. The molecule has 2 aromatic rings. The maximum Gasteiger partial charge on any atom is 0.394 e. The molecular weight excluding hydrogens is 629 g/mol. The molecule has 1 saturated carbocycles. The number of hydrogen-bond acceptors (Lipinski definition) is 10. The molecule has 2 saturated heterocycles. The number of alkyl halides is 3. The van der Waals surface area contributed by atoms with Crippen molar-refractivity contribution in [2.45, 2.75) is 85.2 Å². The third-order valence-corrected chi connectivity index (χ3v) is 9.83. The van der Waals surface area contributed by atoms with Crippen molar-refractivity contribution in [1.82, 2.24) is 29.8 Å². The van der Waals surface area contributed by atoms with Gasteiger partial charge in [-0.05, 0) is 44.9 Å². The normalized spacial score (nSPS) is 22.3. The van der Waals surface area contributed by atoms with Gasteiger partial charge in [0.2, 0.25) is 5.91 Å². The molecule has 2 unspecified atom stereocenters. The largest absolute Gasteiger partial charge is 0.411 e. The second kappa shape index (κ2) is 15.9. The SMILES string of the molecule is C/C(=N\O)C(=O)C(C)C.COCCN1CCN(c2nc3nc(C(C)CCC4(C(F)(F)F)CC4)cn3nc2C[C@H]2CC(C)CNC2=O)CC1. The number of anilines is 1. The lowest BCUT2D eigenvalue weighted by Gasteiger charge is -2.36. The number of carbonyl (C=O) groups excluding carboxylic acids is 2. The smallest absolute Gasteiger partial charge is 0.394 e. The number of halogens is 3. The first-order valence-electron chi connectivity index (χ1n) is 17.0. The first-order valence-corrected chi connectivity index (χ1v) is 17.0. The molecule has 0 bridgehead atoms. The number of piperazine rings is 1. The van der Waals surface area contributed by atoms with Crippen LogP contribution in [0.15, 0.2) is 11.4 Å². The molecule has 4 heterocycles. The molecule has 0 aromatic carbocycles. The van der Waals surface area contributed by atoms with Gasteiger partial charge in [-0.1, -0.05) is 32.9 Å². The number of hydrogen-bond donors (Lipinski definition) is 2. The number of aromatic nitrogens is 4. The Hall–Kier alpha value is -3.33. The molecule has 5 rings (SSSR count). The number of ketones is 1. The second-order valence-electron chi connectivity index (χ2n) is 14.0. The van der Waals surface area contributed by atoms with E-state index in [0.29, 0.717) is 43.4 Å². The zero-order valence-corrected chi connectivity index (χ0v) is 29.0. The van der Waals surface area contributed by atoms with Crippen molar-refractivity contribution in [3.63, 3.8) is 0 Å². The average molecular weight is 681 g/mol. The van der Waals surface area contributed by atoms with Gasteiger partial charge >= 0.3 is 6.18 Å². The Morgan fingerprint density at radius 2 is 1.88 bits per heavy atom. The van der Waals surface area contributed by atoms with E-state index in [-0.39, 0.29) is 54.4 Å². The van der Waals surface area contributed by atoms with Crippen LogP contribution in [0.5, 0.6) is 0 Å². The summed E-state index contributed by atoms with van der Waals surface area (Å²) in [5.41, 5.74) is 0.113. The molecule has 3 fully saturated rings. The van der Waals surface area contributed by atoms with Crippen molar-refractivity contribution >= 4 is 29.0 Å². The average Bonchev–Trinajstić information content (AvgIpc) is 3.76. The van der Waals surface area contributed by atoms with E-state index in [1.807, 2.05) is 6.92 Å². The van der Waals surface area contributed by atoms with Gasteiger partial charge in [0.25, 0.3) is 5.78 Å². The minimum absolute atomic E-state index is 0.0453. The summed E-state index contributed by atoms with van der Waals surface area (Å²) in [6, 6.07) is 0. The Kier molecular flexibility index (Phi) is 12.4. The number of piperidine rings is 1. The topological polar surface area (TPSA) is 138 Å². The van der Waals surface area contributed by atoms with Crippen LogP contribution in [0, 0.1) is 23.2 Å². The minimum Gasteiger partial charge on any atom is -0.411 e. The first-order chi connectivity index (χ1) is 22.7. The second-order valence-corrected chi connectivity index (χ2v) is 14.0. The van der Waals surface area contributed by atoms with Crippen LogP contribution in [0.25, 0.3) is 5.78 Å². The summed E-state index contributed by atoms with van der Waals surface area (Å²) in [5.74, 6) is 1.11. The molecule has 1 amide bonds. The van der Waals surface area contributed by atoms with E-state index in [1.165, 1.54) is 6.92 Å². The standard InChI is InChI=1S/C27H40F3N7O2.C6H11NO2/c1-18-14-20(24(38)31-16-18)15-21-23(36-10-8-35(9-11-36)12-13-39-3)33-25-32-22(17-37(25)34-21)19(2)4-5-26(6-7-26)27(28,29)30;1-4(2)6(8)5(3)7-9/h17-20H,4-16H2,1-3H3,(H,31,38);4,9H,1-3H3/b;7-5+/t18?,19?,20-;/m1./s1. The number of amides is 1. The Labute approximate surface area is 280 Å². The van der Waals surface area contributed by atoms with Crippen LogP contribution in [0.1, 0.15) is 84.0 Å². The lowest BCUT2D eigenvalue weighted by molar-refractivity contribution is -0.189. The third kappa shape index (κ3) is 9.21. The van der Waals surface area contributed by atoms with E-state index in [9.17, 15) is 22.8 Å². The molecule has 0 spiro atoms. The predicted octanol–water partition coefficient (Wildman–Crippen LogP) is 4.50. The van der Waals surface area contributed by atoms with Crippen molar-refractivity contribution in [3.8, 4) is 0 Å². The van der Waals surface area contributed by atoms with Gasteiger partial charge in [-0.25, -0.2) is 9.50 Å². The molecule has 48 heavy (non-hydrogen) atoms. The van der Waals surface area contributed by atoms with Crippen LogP contribution < -0.4 is 10.2 Å². The van der Waals surface area contributed by atoms with E-state index >= 15 is 0 Å². The molecular formula is C33H51F3N8O4. The van der Waals surface area contributed by atoms with Crippen LogP contribution in [0.3, 0.4) is 0 Å². The lowest BCUT2D eigenvalue weighted by atomic mass is 9.88. The lowest BCUT2D eigenvalue weighted by Crippen LogP contribution is -2.48. The highest BCUT2D eigenvalue weighted by molar-refractivity contribution is 6.39. The van der Waals surface area contributed by atoms with Crippen LogP contribution in [0.2, 0.25) is 0 Å². The van der Waals surface area contributed by atoms with Crippen molar-refractivity contribution in [1.29, 1.82) is 0 Å². The number of carbonyl (C=O) groups is 2.